The van der Waals surface area contributed by atoms with Crippen LogP contribution in [0, 0.1) is 0 Å². The lowest BCUT2D eigenvalue weighted by molar-refractivity contribution is 0.648. The second kappa shape index (κ2) is 9.50. The zero-order chi connectivity index (χ0) is 16.0. The molecule has 0 amide bonds. The van der Waals surface area contributed by atoms with E-state index < -0.39 is 10.8 Å². The van der Waals surface area contributed by atoms with Gasteiger partial charge in [0.1, 0.15) is 0 Å². The normalized spacial score (nSPS) is 13.6. The van der Waals surface area contributed by atoms with E-state index in [9.17, 15) is 4.21 Å². The lowest BCUT2D eigenvalue weighted by Crippen LogP contribution is -2.27. The molecule has 0 aliphatic carbocycles. The van der Waals surface area contributed by atoms with Crippen molar-refractivity contribution in [1.29, 1.82) is 0 Å². The fourth-order valence-corrected chi connectivity index (χ4v) is 2.59. The van der Waals surface area contributed by atoms with Crippen LogP contribution in [-0.2, 0) is 10.8 Å². The highest BCUT2D eigenvalue weighted by atomic mass is 127. The summed E-state index contributed by atoms with van der Waals surface area (Å²) in [6, 6.07) is 8.12. The Labute approximate surface area is 153 Å². The third-order valence-corrected chi connectivity index (χ3v) is 4.99. The summed E-state index contributed by atoms with van der Waals surface area (Å²) in [5.74, 6) is 1.36. The van der Waals surface area contributed by atoms with E-state index in [1.807, 2.05) is 32.9 Å². The van der Waals surface area contributed by atoms with Crippen LogP contribution in [-0.4, -0.2) is 27.2 Å². The number of nitrogens with zero attached hydrogens (tertiary/aromatic N) is 1. The van der Waals surface area contributed by atoms with Gasteiger partial charge in [-0.3, -0.25) is 9.20 Å². The molecule has 0 spiro atoms. The fourth-order valence-electron chi connectivity index (χ4n) is 1.72. The monoisotopic (exact) mass is 437 g/mol. The van der Waals surface area contributed by atoms with E-state index in [0.717, 1.165) is 5.69 Å². The molecule has 6 heteroatoms. The summed E-state index contributed by atoms with van der Waals surface area (Å²) in [4.78, 5) is 4.24. The Morgan fingerprint density at radius 2 is 2.00 bits per heavy atom. The van der Waals surface area contributed by atoms with Crippen molar-refractivity contribution in [3.63, 3.8) is 0 Å². The fraction of sp³-hybridized carbons (Fsp3) is 0.562. The predicted molar refractivity (Wildman–Crippen MR) is 109 cm³/mol. The lowest BCUT2D eigenvalue weighted by Gasteiger charge is -2.16. The summed E-state index contributed by atoms with van der Waals surface area (Å²) >= 11 is 0. The summed E-state index contributed by atoms with van der Waals surface area (Å²) in [6.07, 6.45) is 0. The van der Waals surface area contributed by atoms with Crippen LogP contribution < -0.4 is 11.1 Å². The molecule has 126 valence electrons. The molecule has 0 fully saturated rings. The molecule has 0 aliphatic heterocycles. The minimum atomic E-state index is -0.900. The Morgan fingerprint density at radius 1 is 1.36 bits per heavy atom. The molecule has 1 aromatic rings. The van der Waals surface area contributed by atoms with Crippen LogP contribution in [0.25, 0.3) is 0 Å². The number of halogens is 1. The lowest BCUT2D eigenvalue weighted by atomic mass is 10.0. The van der Waals surface area contributed by atoms with Crippen molar-refractivity contribution in [2.75, 3.05) is 17.6 Å². The molecule has 0 heterocycles. The standard InChI is InChI=1S/C16H27N3OS.HI/c1-12(2)13-7-6-8-14(11-13)19-15(17)18-9-10-21(20)16(3,4)5;/h6-8,11-12H,9-10H2,1-5H3,(H3,17,18,19);1H. The summed E-state index contributed by atoms with van der Waals surface area (Å²) in [6.45, 7) is 10.7. The van der Waals surface area contributed by atoms with Gasteiger partial charge in [0.15, 0.2) is 5.96 Å². The number of guanidine groups is 1. The smallest absolute Gasteiger partial charge is 0.193 e. The molecule has 1 atom stereocenters. The minimum Gasteiger partial charge on any atom is -0.370 e. The third kappa shape index (κ3) is 7.58. The molecular weight excluding hydrogens is 409 g/mol. The Morgan fingerprint density at radius 3 is 2.55 bits per heavy atom. The average molecular weight is 437 g/mol. The number of anilines is 1. The van der Waals surface area contributed by atoms with Crippen molar-refractivity contribution in [3.8, 4) is 0 Å². The number of nitrogens with one attached hydrogen (secondary N) is 1. The van der Waals surface area contributed by atoms with Crippen molar-refractivity contribution in [1.82, 2.24) is 0 Å². The number of hydrogen-bond acceptors (Lipinski definition) is 2. The third-order valence-electron chi connectivity index (χ3n) is 3.07. The van der Waals surface area contributed by atoms with Crippen LogP contribution in [0.15, 0.2) is 29.3 Å². The van der Waals surface area contributed by atoms with Crippen molar-refractivity contribution in [2.24, 2.45) is 10.7 Å². The Hall–Kier alpha value is -0.630. The van der Waals surface area contributed by atoms with Gasteiger partial charge in [-0.25, -0.2) is 0 Å². The first-order chi connectivity index (χ1) is 9.70. The SMILES string of the molecule is CC(C)c1cccc(NC(N)=NCCS(=O)C(C)(C)C)c1.I. The second-order valence-corrected chi connectivity index (χ2v) is 8.66. The van der Waals surface area contributed by atoms with E-state index in [1.165, 1.54) is 5.56 Å². The van der Waals surface area contributed by atoms with Gasteiger partial charge in [-0.2, -0.15) is 0 Å². The molecule has 0 bridgehead atoms. The zero-order valence-corrected chi connectivity index (χ0v) is 17.2. The molecule has 3 N–H and O–H groups in total. The largest absolute Gasteiger partial charge is 0.370 e. The van der Waals surface area contributed by atoms with E-state index >= 15 is 0 Å². The van der Waals surface area contributed by atoms with Crippen molar-refractivity contribution < 1.29 is 4.21 Å². The van der Waals surface area contributed by atoms with Crippen molar-refractivity contribution in [3.05, 3.63) is 29.8 Å². The summed E-state index contributed by atoms with van der Waals surface area (Å²) in [7, 11) is -0.900. The number of aliphatic imine (C=N–C) groups is 1. The maximum absolute atomic E-state index is 11.9. The van der Waals surface area contributed by atoms with E-state index in [2.05, 4.69) is 36.3 Å². The molecule has 1 rings (SSSR count). The van der Waals surface area contributed by atoms with Gasteiger partial charge in [-0.1, -0.05) is 26.0 Å². The molecule has 0 saturated heterocycles. The minimum absolute atomic E-state index is 0. The summed E-state index contributed by atoms with van der Waals surface area (Å²) in [5, 5.41) is 3.08. The van der Waals surface area contributed by atoms with Gasteiger partial charge < -0.3 is 11.1 Å². The van der Waals surface area contributed by atoms with Crippen LogP contribution in [0.4, 0.5) is 5.69 Å². The maximum atomic E-state index is 11.9. The molecule has 0 aliphatic rings. The summed E-state index contributed by atoms with van der Waals surface area (Å²) < 4.78 is 11.7. The molecule has 22 heavy (non-hydrogen) atoms. The Bertz CT molecular complexity index is 524. The van der Waals surface area contributed by atoms with Gasteiger partial charge in [0.2, 0.25) is 0 Å². The van der Waals surface area contributed by atoms with Crippen LogP contribution >= 0.6 is 24.0 Å². The Balaban J connectivity index is 0.00000441. The summed E-state index contributed by atoms with van der Waals surface area (Å²) in [5.41, 5.74) is 8.05. The van der Waals surface area contributed by atoms with Gasteiger partial charge in [0.25, 0.3) is 0 Å². The number of nitrogens with two attached hydrogens (primary N) is 1. The number of rotatable bonds is 5. The first kappa shape index (κ1) is 21.4. The van der Waals surface area contributed by atoms with Gasteiger partial charge in [-0.05, 0) is 44.4 Å². The predicted octanol–water partition coefficient (Wildman–Crippen LogP) is 3.70. The van der Waals surface area contributed by atoms with E-state index in [0.29, 0.717) is 24.2 Å². The van der Waals surface area contributed by atoms with Crippen LogP contribution in [0.5, 0.6) is 0 Å². The van der Waals surface area contributed by atoms with Crippen LogP contribution in [0.2, 0.25) is 0 Å². The van der Waals surface area contributed by atoms with E-state index in [-0.39, 0.29) is 28.7 Å². The van der Waals surface area contributed by atoms with Gasteiger partial charge in [-0.15, -0.1) is 24.0 Å². The molecule has 0 saturated carbocycles. The molecule has 1 aromatic carbocycles. The van der Waals surface area contributed by atoms with E-state index in [4.69, 9.17) is 5.73 Å². The van der Waals surface area contributed by atoms with E-state index in [1.54, 1.807) is 0 Å². The number of benzene rings is 1. The second-order valence-electron chi connectivity index (χ2n) is 6.33. The first-order valence-corrected chi connectivity index (χ1v) is 8.57. The van der Waals surface area contributed by atoms with Gasteiger partial charge in [0.05, 0.1) is 6.54 Å². The zero-order valence-electron chi connectivity index (χ0n) is 14.1. The quantitative estimate of drug-likeness (QED) is 0.419. The van der Waals surface area contributed by atoms with Crippen molar-refractivity contribution >= 4 is 46.4 Å². The van der Waals surface area contributed by atoms with Gasteiger partial charge in [0, 0.05) is 27.0 Å². The van der Waals surface area contributed by atoms with Crippen LogP contribution in [0.3, 0.4) is 0 Å². The highest BCUT2D eigenvalue weighted by molar-refractivity contribution is 14.0. The van der Waals surface area contributed by atoms with Crippen molar-refractivity contribution in [2.45, 2.75) is 45.3 Å². The first-order valence-electron chi connectivity index (χ1n) is 7.25. The Kier molecular flexibility index (Phi) is 9.22. The van der Waals surface area contributed by atoms with Crippen LogP contribution in [0.1, 0.15) is 46.1 Å². The maximum Gasteiger partial charge on any atom is 0.193 e. The number of hydrogen-bond donors (Lipinski definition) is 2. The molecular formula is C16H28IN3OS. The highest BCUT2D eigenvalue weighted by Gasteiger charge is 2.18. The topological polar surface area (TPSA) is 67.5 Å². The van der Waals surface area contributed by atoms with Gasteiger partial charge >= 0.3 is 0 Å². The molecule has 1 unspecified atom stereocenters. The molecule has 0 aromatic heterocycles. The highest BCUT2D eigenvalue weighted by Crippen LogP contribution is 2.18. The molecule has 0 radical (unpaired) electrons. The molecule has 4 nitrogen and oxygen atoms in total. The average Bonchev–Trinajstić information content (AvgIpc) is 2.37.